The number of carbonyl (C=O) groups is 2. The topological polar surface area (TPSA) is 86.9 Å². The molecule has 2 aromatic heterocycles. The number of carbonyl (C=O) groups excluding carboxylic acids is 2. The van der Waals surface area contributed by atoms with Crippen molar-refractivity contribution in [3.8, 4) is 11.3 Å². The fourth-order valence-corrected chi connectivity index (χ4v) is 5.38. The Labute approximate surface area is 222 Å². The Morgan fingerprint density at radius 1 is 1.13 bits per heavy atom. The number of aliphatic hydroxyl groups excluding tert-OH is 1. The maximum Gasteiger partial charge on any atom is 0.290 e. The maximum absolute atomic E-state index is 13.7. The summed E-state index contributed by atoms with van der Waals surface area (Å²) < 4.78 is 19.7. The van der Waals surface area contributed by atoms with Crippen molar-refractivity contribution in [2.45, 2.75) is 76.9 Å². The van der Waals surface area contributed by atoms with Gasteiger partial charge in [0.05, 0.1) is 11.2 Å². The van der Waals surface area contributed by atoms with Crippen LogP contribution < -0.4 is 0 Å². The number of unbranched alkanes of at least 4 members (excludes halogenated alkanes) is 1. The predicted molar refractivity (Wildman–Crippen MR) is 143 cm³/mol. The highest BCUT2D eigenvalue weighted by Crippen LogP contribution is 2.50. The van der Waals surface area contributed by atoms with Crippen LogP contribution in [-0.2, 0) is 10.2 Å². The van der Waals surface area contributed by atoms with Crippen molar-refractivity contribution >= 4 is 22.9 Å². The first kappa shape index (κ1) is 26.4. The molecule has 0 radical (unpaired) electrons. The van der Waals surface area contributed by atoms with Crippen LogP contribution in [0.3, 0.4) is 0 Å². The monoisotopic (exact) mass is 521 g/mol. The highest BCUT2D eigenvalue weighted by Gasteiger charge is 2.43. The van der Waals surface area contributed by atoms with Gasteiger partial charge in [0.15, 0.2) is 11.3 Å². The van der Waals surface area contributed by atoms with E-state index in [1.807, 2.05) is 26.8 Å². The van der Waals surface area contributed by atoms with E-state index in [-0.39, 0.29) is 28.8 Å². The van der Waals surface area contributed by atoms with Gasteiger partial charge in [0.1, 0.15) is 17.4 Å². The van der Waals surface area contributed by atoms with Crippen molar-refractivity contribution in [3.05, 3.63) is 53.5 Å². The van der Waals surface area contributed by atoms with E-state index in [9.17, 15) is 19.1 Å². The molecule has 38 heavy (non-hydrogen) atoms. The van der Waals surface area contributed by atoms with Crippen LogP contribution in [0.4, 0.5) is 4.39 Å². The van der Waals surface area contributed by atoms with E-state index in [1.54, 1.807) is 28.0 Å². The molecule has 3 aromatic rings. The number of halogens is 1. The molecule has 1 aromatic carbocycles. The van der Waals surface area contributed by atoms with E-state index in [0.29, 0.717) is 37.2 Å². The summed E-state index contributed by atoms with van der Waals surface area (Å²) in [5.41, 5.74) is 3.06. The zero-order chi connectivity index (χ0) is 27.2. The van der Waals surface area contributed by atoms with Crippen molar-refractivity contribution in [3.63, 3.8) is 0 Å². The average molecular weight is 522 g/mol. The summed E-state index contributed by atoms with van der Waals surface area (Å²) in [6.07, 6.45) is 3.18. The van der Waals surface area contributed by atoms with E-state index >= 15 is 0 Å². The van der Waals surface area contributed by atoms with Crippen molar-refractivity contribution in [2.24, 2.45) is 0 Å². The summed E-state index contributed by atoms with van der Waals surface area (Å²) in [7, 11) is 0. The Morgan fingerprint density at radius 3 is 2.47 bits per heavy atom. The summed E-state index contributed by atoms with van der Waals surface area (Å²) >= 11 is 0. The first-order valence-electron chi connectivity index (χ1n) is 13.5. The molecule has 1 aliphatic heterocycles. The van der Waals surface area contributed by atoms with Gasteiger partial charge in [-0.3, -0.25) is 9.59 Å². The molecular weight excluding hydrogens is 485 g/mol. The van der Waals surface area contributed by atoms with Crippen molar-refractivity contribution < 1.29 is 23.5 Å². The number of nitrogens with zero attached hydrogens (tertiary/aromatic N) is 3. The lowest BCUT2D eigenvalue weighted by Crippen LogP contribution is -2.63. The molecule has 7 nitrogen and oxygen atoms in total. The molecule has 5 rings (SSSR count). The zero-order valence-electron chi connectivity index (χ0n) is 22.6. The molecule has 1 N–H and O–H groups in total. The standard InChI is InChI=1S/C30H36FN3O4/c1-5-6-7-24(35)27(36)33-14-15-34(29(2,3)18-33)28(37)25-17-23-26(38-25)21(30(4)12-13-30)16-22(32-23)19-8-10-20(31)11-9-19/h8-11,16-17,24,35H,5-7,12-15,18H2,1-4H3. The summed E-state index contributed by atoms with van der Waals surface area (Å²) in [4.78, 5) is 34.7. The van der Waals surface area contributed by atoms with Crippen LogP contribution in [0.2, 0.25) is 0 Å². The molecule has 1 unspecified atom stereocenters. The minimum Gasteiger partial charge on any atom is -0.449 e. The van der Waals surface area contributed by atoms with Crippen LogP contribution in [0.5, 0.6) is 0 Å². The van der Waals surface area contributed by atoms with Crippen LogP contribution in [0.25, 0.3) is 22.4 Å². The van der Waals surface area contributed by atoms with Crippen LogP contribution >= 0.6 is 0 Å². The third-order valence-corrected chi connectivity index (χ3v) is 8.06. The van der Waals surface area contributed by atoms with Crippen LogP contribution in [0, 0.1) is 5.82 Å². The Kier molecular flexibility index (Phi) is 6.80. The summed E-state index contributed by atoms with van der Waals surface area (Å²) in [6, 6.07) is 9.94. The number of pyridine rings is 1. The Balaban J connectivity index is 1.42. The quantitative estimate of drug-likeness (QED) is 0.456. The molecule has 2 amide bonds. The molecule has 1 aliphatic carbocycles. The van der Waals surface area contributed by atoms with Gasteiger partial charge in [-0.25, -0.2) is 9.37 Å². The summed E-state index contributed by atoms with van der Waals surface area (Å²) in [5.74, 6) is -0.616. The Bertz CT molecular complexity index is 1360. The number of amides is 2. The fraction of sp³-hybridized carbons (Fsp3) is 0.500. The summed E-state index contributed by atoms with van der Waals surface area (Å²) in [5, 5.41) is 10.3. The average Bonchev–Trinajstić information content (AvgIpc) is 3.49. The molecule has 2 aliphatic rings. The maximum atomic E-state index is 13.7. The Hall–Kier alpha value is -3.26. The molecule has 0 bridgehead atoms. The number of benzene rings is 1. The van der Waals surface area contributed by atoms with Gasteiger partial charge in [0.25, 0.3) is 11.8 Å². The molecule has 2 fully saturated rings. The molecule has 0 spiro atoms. The van der Waals surface area contributed by atoms with E-state index in [1.165, 1.54) is 12.1 Å². The second kappa shape index (κ2) is 9.80. The van der Waals surface area contributed by atoms with Gasteiger partial charge >= 0.3 is 0 Å². The van der Waals surface area contributed by atoms with Gasteiger partial charge in [-0.15, -0.1) is 0 Å². The molecular formula is C30H36FN3O4. The lowest BCUT2D eigenvalue weighted by atomic mass is 9.96. The van der Waals surface area contributed by atoms with Crippen molar-refractivity contribution in [1.29, 1.82) is 0 Å². The van der Waals surface area contributed by atoms with Crippen molar-refractivity contribution in [2.75, 3.05) is 19.6 Å². The zero-order valence-corrected chi connectivity index (χ0v) is 22.6. The molecule has 8 heteroatoms. The number of rotatable bonds is 7. The van der Waals surface area contributed by atoms with E-state index in [2.05, 4.69) is 6.92 Å². The highest BCUT2D eigenvalue weighted by molar-refractivity contribution is 5.97. The van der Waals surface area contributed by atoms with E-state index < -0.39 is 11.6 Å². The fourth-order valence-electron chi connectivity index (χ4n) is 5.38. The van der Waals surface area contributed by atoms with Crippen LogP contribution in [0.1, 0.15) is 75.9 Å². The second-order valence-electron chi connectivity index (χ2n) is 11.6. The number of hydrogen-bond acceptors (Lipinski definition) is 5. The minimum absolute atomic E-state index is 0.0436. The number of hydrogen-bond donors (Lipinski definition) is 1. The van der Waals surface area contributed by atoms with Gasteiger partial charge < -0.3 is 19.3 Å². The molecule has 202 valence electrons. The van der Waals surface area contributed by atoms with E-state index in [0.717, 1.165) is 42.5 Å². The number of fused-ring (bicyclic) bond motifs is 1. The normalized spacial score (nSPS) is 19.0. The third kappa shape index (κ3) is 4.94. The number of aliphatic hydroxyl groups is 1. The van der Waals surface area contributed by atoms with Gasteiger partial charge in [-0.05, 0) is 68.9 Å². The first-order chi connectivity index (χ1) is 18.0. The largest absolute Gasteiger partial charge is 0.449 e. The molecule has 1 saturated heterocycles. The smallest absolute Gasteiger partial charge is 0.290 e. The van der Waals surface area contributed by atoms with Crippen LogP contribution in [0.15, 0.2) is 40.8 Å². The molecule has 3 heterocycles. The third-order valence-electron chi connectivity index (χ3n) is 8.06. The SMILES string of the molecule is CCCCC(O)C(=O)N1CCN(C(=O)c2cc3nc(-c4ccc(F)cc4)cc(C4(C)CC4)c3o2)C(C)(C)C1. The highest BCUT2D eigenvalue weighted by atomic mass is 19.1. The summed E-state index contributed by atoms with van der Waals surface area (Å²) in [6.45, 7) is 9.07. The lowest BCUT2D eigenvalue weighted by Gasteiger charge is -2.47. The predicted octanol–water partition coefficient (Wildman–Crippen LogP) is 5.30. The first-order valence-corrected chi connectivity index (χ1v) is 13.5. The second-order valence-corrected chi connectivity index (χ2v) is 11.6. The van der Waals surface area contributed by atoms with Crippen molar-refractivity contribution in [1.82, 2.24) is 14.8 Å². The van der Waals surface area contributed by atoms with Gasteiger partial charge in [-0.1, -0.05) is 26.7 Å². The van der Waals surface area contributed by atoms with Gasteiger partial charge in [0.2, 0.25) is 0 Å². The Morgan fingerprint density at radius 2 is 1.84 bits per heavy atom. The minimum atomic E-state index is -1.01. The number of piperazine rings is 1. The van der Waals surface area contributed by atoms with E-state index in [4.69, 9.17) is 9.40 Å². The molecule has 1 atom stereocenters. The lowest BCUT2D eigenvalue weighted by molar-refractivity contribution is -0.144. The van der Waals surface area contributed by atoms with Crippen LogP contribution in [-0.4, -0.2) is 63.0 Å². The van der Waals surface area contributed by atoms with Gasteiger partial charge in [-0.2, -0.15) is 0 Å². The number of furan rings is 1. The number of aromatic nitrogens is 1. The van der Waals surface area contributed by atoms with Gasteiger partial charge in [0, 0.05) is 36.8 Å². The molecule has 1 saturated carbocycles.